The Labute approximate surface area is 169 Å². The number of imidazole rings is 1. The van der Waals surface area contributed by atoms with Gasteiger partial charge in [0.25, 0.3) is 5.91 Å². The van der Waals surface area contributed by atoms with Gasteiger partial charge in [-0.05, 0) is 36.4 Å². The lowest BCUT2D eigenvalue weighted by Crippen LogP contribution is -2.26. The van der Waals surface area contributed by atoms with Crippen molar-refractivity contribution in [2.24, 2.45) is 0 Å². The van der Waals surface area contributed by atoms with Crippen molar-refractivity contribution >= 4 is 16.9 Å². The number of pyridine rings is 1. The molecule has 146 valence electrons. The van der Waals surface area contributed by atoms with E-state index in [4.69, 9.17) is 9.72 Å². The molecule has 2 heterocycles. The maximum atomic E-state index is 12.2. The van der Waals surface area contributed by atoms with Gasteiger partial charge < -0.3 is 14.6 Å². The molecule has 1 N–H and O–H groups in total. The van der Waals surface area contributed by atoms with Crippen LogP contribution < -0.4 is 10.1 Å². The summed E-state index contributed by atoms with van der Waals surface area (Å²) in [6, 6.07) is 21.3. The highest BCUT2D eigenvalue weighted by atomic mass is 16.5. The maximum absolute atomic E-state index is 12.2. The summed E-state index contributed by atoms with van der Waals surface area (Å²) in [7, 11) is 0. The predicted octanol–water partition coefficient (Wildman–Crippen LogP) is 3.48. The molecule has 0 aliphatic rings. The summed E-state index contributed by atoms with van der Waals surface area (Å²) in [4.78, 5) is 21.0. The number of ether oxygens (including phenoxy) is 1. The molecule has 6 heteroatoms. The van der Waals surface area contributed by atoms with Crippen LogP contribution in [0.25, 0.3) is 11.0 Å². The van der Waals surface area contributed by atoms with Gasteiger partial charge in [-0.1, -0.05) is 30.3 Å². The summed E-state index contributed by atoms with van der Waals surface area (Å²) in [6.07, 6.45) is 3.84. The third-order valence-electron chi connectivity index (χ3n) is 4.62. The van der Waals surface area contributed by atoms with Crippen molar-refractivity contribution in [2.45, 2.75) is 13.0 Å². The highest BCUT2D eigenvalue weighted by molar-refractivity contribution is 5.93. The smallest absolute Gasteiger partial charge is 0.252 e. The highest BCUT2D eigenvalue weighted by Gasteiger charge is 2.11. The van der Waals surface area contributed by atoms with Gasteiger partial charge in [-0.15, -0.1) is 0 Å². The Morgan fingerprint density at radius 3 is 2.66 bits per heavy atom. The number of benzene rings is 2. The van der Waals surface area contributed by atoms with Gasteiger partial charge in [0.15, 0.2) is 0 Å². The van der Waals surface area contributed by atoms with Gasteiger partial charge in [-0.25, -0.2) is 4.98 Å². The molecule has 29 heavy (non-hydrogen) atoms. The van der Waals surface area contributed by atoms with Gasteiger partial charge in [0.05, 0.1) is 23.1 Å². The first kappa shape index (κ1) is 18.7. The van der Waals surface area contributed by atoms with Crippen molar-refractivity contribution < 1.29 is 9.53 Å². The number of carbonyl (C=O) groups is 1. The number of hydrogen-bond acceptors (Lipinski definition) is 4. The van der Waals surface area contributed by atoms with Gasteiger partial charge in [0.2, 0.25) is 0 Å². The summed E-state index contributed by atoms with van der Waals surface area (Å²) < 4.78 is 8.02. The van der Waals surface area contributed by atoms with E-state index in [9.17, 15) is 4.79 Å². The first-order valence-electron chi connectivity index (χ1n) is 9.61. The minimum absolute atomic E-state index is 0.131. The third kappa shape index (κ3) is 4.60. The van der Waals surface area contributed by atoms with Crippen LogP contribution in [0.1, 0.15) is 16.2 Å². The second-order valence-electron chi connectivity index (χ2n) is 6.58. The van der Waals surface area contributed by atoms with Crippen LogP contribution in [0.5, 0.6) is 5.75 Å². The normalized spacial score (nSPS) is 10.8. The molecule has 0 radical (unpaired) electrons. The standard InChI is InChI=1S/C23H22N4O2/c28-23(18-7-6-13-24-17-18)25-14-12-22-26-20-10-4-5-11-21(20)27(22)15-16-29-19-8-2-1-3-9-19/h1-11,13,17H,12,14-16H2,(H,25,28). The zero-order valence-electron chi connectivity index (χ0n) is 16.0. The number of para-hydroxylation sites is 3. The molecule has 4 rings (SSSR count). The van der Waals surface area contributed by atoms with E-state index >= 15 is 0 Å². The van der Waals surface area contributed by atoms with E-state index in [2.05, 4.69) is 20.9 Å². The molecule has 0 aliphatic heterocycles. The maximum Gasteiger partial charge on any atom is 0.252 e. The van der Waals surface area contributed by atoms with Crippen molar-refractivity contribution in [2.75, 3.05) is 13.2 Å². The van der Waals surface area contributed by atoms with Gasteiger partial charge in [0, 0.05) is 25.4 Å². The Morgan fingerprint density at radius 1 is 1.00 bits per heavy atom. The fourth-order valence-corrected chi connectivity index (χ4v) is 3.22. The minimum Gasteiger partial charge on any atom is -0.492 e. The molecule has 0 saturated carbocycles. The molecule has 0 atom stereocenters. The fraction of sp³-hybridized carbons (Fsp3) is 0.174. The van der Waals surface area contributed by atoms with E-state index in [1.165, 1.54) is 0 Å². The Bertz CT molecular complexity index is 1080. The Hall–Kier alpha value is -3.67. The number of nitrogens with zero attached hydrogens (tertiary/aromatic N) is 3. The monoisotopic (exact) mass is 386 g/mol. The molecule has 0 saturated heterocycles. The van der Waals surface area contributed by atoms with Crippen LogP contribution >= 0.6 is 0 Å². The van der Waals surface area contributed by atoms with Crippen LogP contribution in [0.4, 0.5) is 0 Å². The number of nitrogens with one attached hydrogen (secondary N) is 1. The van der Waals surface area contributed by atoms with Gasteiger partial charge >= 0.3 is 0 Å². The fourth-order valence-electron chi connectivity index (χ4n) is 3.22. The van der Waals surface area contributed by atoms with Crippen molar-refractivity contribution in [3.63, 3.8) is 0 Å². The molecule has 6 nitrogen and oxygen atoms in total. The summed E-state index contributed by atoms with van der Waals surface area (Å²) in [6.45, 7) is 1.72. The van der Waals surface area contributed by atoms with Crippen LogP contribution in [-0.4, -0.2) is 33.6 Å². The molecule has 0 unspecified atom stereocenters. The molecule has 2 aromatic carbocycles. The SMILES string of the molecule is O=C(NCCc1nc2ccccc2n1CCOc1ccccc1)c1cccnc1. The summed E-state index contributed by atoms with van der Waals surface area (Å²) in [5.41, 5.74) is 2.57. The van der Waals surface area contributed by atoms with Gasteiger partial charge in [-0.2, -0.15) is 0 Å². The van der Waals surface area contributed by atoms with Crippen molar-refractivity contribution in [1.82, 2.24) is 19.9 Å². The Kier molecular flexibility index (Phi) is 5.81. The summed E-state index contributed by atoms with van der Waals surface area (Å²) in [5.74, 6) is 1.64. The first-order chi connectivity index (χ1) is 14.3. The van der Waals surface area contributed by atoms with E-state index in [0.717, 1.165) is 22.6 Å². The summed E-state index contributed by atoms with van der Waals surface area (Å²) in [5, 5.41) is 2.94. The van der Waals surface area contributed by atoms with Crippen LogP contribution in [0.2, 0.25) is 0 Å². The zero-order chi connectivity index (χ0) is 19.9. The van der Waals surface area contributed by atoms with Crippen LogP contribution in [-0.2, 0) is 13.0 Å². The largest absolute Gasteiger partial charge is 0.492 e. The second-order valence-corrected chi connectivity index (χ2v) is 6.58. The summed E-state index contributed by atoms with van der Waals surface area (Å²) >= 11 is 0. The number of carbonyl (C=O) groups excluding carboxylic acids is 1. The lowest BCUT2D eigenvalue weighted by molar-refractivity contribution is 0.0953. The van der Waals surface area contributed by atoms with E-state index in [1.807, 2.05) is 48.5 Å². The van der Waals surface area contributed by atoms with Crippen LogP contribution in [0.3, 0.4) is 0 Å². The van der Waals surface area contributed by atoms with Gasteiger partial charge in [0.1, 0.15) is 18.2 Å². The van der Waals surface area contributed by atoms with Crippen molar-refractivity contribution in [3.8, 4) is 5.75 Å². The van der Waals surface area contributed by atoms with Crippen molar-refractivity contribution in [3.05, 3.63) is 90.5 Å². The Balaban J connectivity index is 1.42. The predicted molar refractivity (Wildman–Crippen MR) is 112 cm³/mol. The van der Waals surface area contributed by atoms with E-state index < -0.39 is 0 Å². The average molecular weight is 386 g/mol. The topological polar surface area (TPSA) is 69.0 Å². The third-order valence-corrected chi connectivity index (χ3v) is 4.62. The molecule has 4 aromatic rings. The lowest BCUT2D eigenvalue weighted by Gasteiger charge is -2.11. The number of hydrogen-bond donors (Lipinski definition) is 1. The molecule has 0 aliphatic carbocycles. The quantitative estimate of drug-likeness (QED) is 0.503. The van der Waals surface area contributed by atoms with Crippen LogP contribution in [0.15, 0.2) is 79.1 Å². The van der Waals surface area contributed by atoms with Gasteiger partial charge in [-0.3, -0.25) is 9.78 Å². The lowest BCUT2D eigenvalue weighted by atomic mass is 10.2. The Morgan fingerprint density at radius 2 is 1.83 bits per heavy atom. The minimum atomic E-state index is -0.131. The van der Waals surface area contributed by atoms with Crippen LogP contribution in [0, 0.1) is 0 Å². The molecular weight excluding hydrogens is 364 g/mol. The molecule has 1 amide bonds. The number of rotatable bonds is 8. The molecule has 0 spiro atoms. The molecule has 0 bridgehead atoms. The molecular formula is C23H22N4O2. The average Bonchev–Trinajstić information content (AvgIpc) is 3.12. The van der Waals surface area contributed by atoms with E-state index in [1.54, 1.807) is 24.5 Å². The number of aromatic nitrogens is 3. The van der Waals surface area contributed by atoms with E-state index in [-0.39, 0.29) is 5.91 Å². The van der Waals surface area contributed by atoms with Crippen molar-refractivity contribution in [1.29, 1.82) is 0 Å². The zero-order valence-corrected chi connectivity index (χ0v) is 16.0. The molecule has 0 fully saturated rings. The number of amides is 1. The second kappa shape index (κ2) is 9.01. The first-order valence-corrected chi connectivity index (χ1v) is 9.61. The molecule has 2 aromatic heterocycles. The van der Waals surface area contributed by atoms with E-state index in [0.29, 0.717) is 31.7 Å². The number of fused-ring (bicyclic) bond motifs is 1. The highest BCUT2D eigenvalue weighted by Crippen LogP contribution is 2.17.